The van der Waals surface area contributed by atoms with Crippen molar-refractivity contribution in [1.82, 2.24) is 4.90 Å². The fourth-order valence-corrected chi connectivity index (χ4v) is 3.53. The van der Waals surface area contributed by atoms with Gasteiger partial charge in [-0.15, -0.1) is 0 Å². The first-order valence-electron chi connectivity index (χ1n) is 8.75. The number of para-hydroxylation sites is 1. The lowest BCUT2D eigenvalue weighted by Crippen LogP contribution is -2.29. The molecule has 0 bridgehead atoms. The van der Waals surface area contributed by atoms with Gasteiger partial charge in [-0.3, -0.25) is 9.59 Å². The van der Waals surface area contributed by atoms with Gasteiger partial charge in [0.05, 0.1) is 12.5 Å². The first-order valence-corrected chi connectivity index (χ1v) is 8.75. The van der Waals surface area contributed by atoms with E-state index in [1.165, 1.54) is 6.42 Å². The van der Waals surface area contributed by atoms with Crippen molar-refractivity contribution in [1.29, 1.82) is 0 Å². The summed E-state index contributed by atoms with van der Waals surface area (Å²) in [5.41, 5.74) is 1.71. The van der Waals surface area contributed by atoms with Crippen molar-refractivity contribution >= 4 is 17.5 Å². The summed E-state index contributed by atoms with van der Waals surface area (Å²) in [6.07, 6.45) is 1.35. The van der Waals surface area contributed by atoms with Crippen molar-refractivity contribution in [3.63, 3.8) is 0 Å². The summed E-state index contributed by atoms with van der Waals surface area (Å²) in [5.74, 6) is 2.47. The minimum atomic E-state index is -0.411. The topological polar surface area (TPSA) is 62.6 Å². The number of carbonyl (C=O) groups excluding carboxylic acids is 2. The lowest BCUT2D eigenvalue weighted by atomic mass is 9.97. The molecule has 1 aliphatic heterocycles. The zero-order valence-corrected chi connectivity index (χ0v) is 14.5. The van der Waals surface area contributed by atoms with Gasteiger partial charge in [0, 0.05) is 25.1 Å². The van der Waals surface area contributed by atoms with E-state index < -0.39 is 5.92 Å². The summed E-state index contributed by atoms with van der Waals surface area (Å²) in [4.78, 5) is 26.4. The van der Waals surface area contributed by atoms with E-state index in [1.54, 1.807) is 11.9 Å². The van der Waals surface area contributed by atoms with Crippen molar-refractivity contribution in [3.8, 4) is 0 Å². The van der Waals surface area contributed by atoms with E-state index in [2.05, 4.69) is 12.2 Å². The number of furan rings is 1. The van der Waals surface area contributed by atoms with Gasteiger partial charge in [0.2, 0.25) is 11.8 Å². The van der Waals surface area contributed by atoms with E-state index in [4.69, 9.17) is 4.42 Å². The second kappa shape index (κ2) is 6.06. The molecule has 3 atom stereocenters. The fraction of sp³-hybridized carbons (Fsp3) is 0.400. The third-order valence-corrected chi connectivity index (χ3v) is 5.27. The molecule has 5 heteroatoms. The summed E-state index contributed by atoms with van der Waals surface area (Å²) in [5, 5.41) is 2.84. The van der Waals surface area contributed by atoms with Crippen LogP contribution in [-0.2, 0) is 16.1 Å². The highest BCUT2D eigenvalue weighted by Crippen LogP contribution is 2.47. The summed E-state index contributed by atoms with van der Waals surface area (Å²) in [7, 11) is 1.75. The predicted molar refractivity (Wildman–Crippen MR) is 94.1 cm³/mol. The largest absolute Gasteiger partial charge is 0.464 e. The van der Waals surface area contributed by atoms with Gasteiger partial charge in [0.1, 0.15) is 11.5 Å². The van der Waals surface area contributed by atoms with Crippen LogP contribution in [0.25, 0.3) is 0 Å². The highest BCUT2D eigenvalue weighted by molar-refractivity contribution is 6.04. The zero-order valence-electron chi connectivity index (χ0n) is 14.5. The van der Waals surface area contributed by atoms with E-state index in [0.29, 0.717) is 18.4 Å². The molecule has 1 fully saturated rings. The molecule has 1 aromatic carbocycles. The van der Waals surface area contributed by atoms with Crippen LogP contribution in [0.3, 0.4) is 0 Å². The minimum Gasteiger partial charge on any atom is -0.464 e. The predicted octanol–water partition coefficient (Wildman–Crippen LogP) is 3.49. The maximum Gasteiger partial charge on any atom is 0.232 e. The maximum atomic E-state index is 12.6. The standard InChI is InChI=1S/C20H22N2O3/c1-12-9-15(12)18-8-7-13(25-18)11-22(2)19(23)10-16-14-5-3-4-6-17(14)21-20(16)24/h3-8,12,15-16H,9-11H2,1-2H3,(H,21,24)/t12-,15+,16+/m1/s1. The van der Waals surface area contributed by atoms with Crippen LogP contribution in [-0.4, -0.2) is 23.8 Å². The lowest BCUT2D eigenvalue weighted by Gasteiger charge is -2.17. The molecule has 5 nitrogen and oxygen atoms in total. The molecule has 1 N–H and O–H groups in total. The Balaban J connectivity index is 1.39. The van der Waals surface area contributed by atoms with Crippen LogP contribution in [0.2, 0.25) is 0 Å². The molecule has 0 saturated heterocycles. The van der Waals surface area contributed by atoms with Gasteiger partial charge in [-0.1, -0.05) is 25.1 Å². The Morgan fingerprint density at radius 3 is 2.80 bits per heavy atom. The highest BCUT2D eigenvalue weighted by Gasteiger charge is 2.37. The molecule has 2 amide bonds. The summed E-state index contributed by atoms with van der Waals surface area (Å²) < 4.78 is 5.87. The number of carbonyl (C=O) groups is 2. The zero-order chi connectivity index (χ0) is 17.6. The molecular weight excluding hydrogens is 316 g/mol. The average Bonchev–Trinajstić information content (AvgIpc) is 3.01. The van der Waals surface area contributed by atoms with Crippen molar-refractivity contribution < 1.29 is 14.0 Å². The molecule has 130 valence electrons. The number of nitrogens with one attached hydrogen (secondary N) is 1. The van der Waals surface area contributed by atoms with Crippen LogP contribution >= 0.6 is 0 Å². The van der Waals surface area contributed by atoms with Crippen LogP contribution in [0.1, 0.15) is 48.7 Å². The third-order valence-electron chi connectivity index (χ3n) is 5.27. The Morgan fingerprint density at radius 2 is 2.04 bits per heavy atom. The molecule has 2 aliphatic rings. The Bertz CT molecular complexity index is 826. The van der Waals surface area contributed by atoms with Crippen LogP contribution in [0.5, 0.6) is 0 Å². The molecule has 1 aliphatic carbocycles. The van der Waals surface area contributed by atoms with Gasteiger partial charge < -0.3 is 14.6 Å². The quantitative estimate of drug-likeness (QED) is 0.908. The molecule has 4 rings (SSSR count). The van der Waals surface area contributed by atoms with Gasteiger partial charge in [-0.2, -0.15) is 0 Å². The summed E-state index contributed by atoms with van der Waals surface area (Å²) >= 11 is 0. The van der Waals surface area contributed by atoms with Crippen molar-refractivity contribution in [2.45, 2.75) is 38.1 Å². The van der Waals surface area contributed by atoms with Gasteiger partial charge in [-0.25, -0.2) is 0 Å². The number of anilines is 1. The summed E-state index contributed by atoms with van der Waals surface area (Å²) in [6.45, 7) is 2.64. The maximum absolute atomic E-state index is 12.6. The van der Waals surface area contributed by atoms with E-state index in [1.807, 2.05) is 36.4 Å². The molecule has 25 heavy (non-hydrogen) atoms. The molecule has 0 radical (unpaired) electrons. The normalized spacial score (nSPS) is 23.9. The smallest absolute Gasteiger partial charge is 0.232 e. The molecular formula is C20H22N2O3. The number of nitrogens with zero attached hydrogens (tertiary/aromatic N) is 1. The first-order chi connectivity index (χ1) is 12.0. The second-order valence-electron chi connectivity index (χ2n) is 7.21. The van der Waals surface area contributed by atoms with Gasteiger partial charge in [0.15, 0.2) is 0 Å². The minimum absolute atomic E-state index is 0.0606. The molecule has 2 aromatic rings. The molecule has 1 saturated carbocycles. The second-order valence-corrected chi connectivity index (χ2v) is 7.21. The van der Waals surface area contributed by atoms with E-state index >= 15 is 0 Å². The monoisotopic (exact) mass is 338 g/mol. The average molecular weight is 338 g/mol. The van der Waals surface area contributed by atoms with Crippen molar-refractivity contribution in [2.24, 2.45) is 5.92 Å². The number of fused-ring (bicyclic) bond motifs is 1. The first kappa shape index (κ1) is 15.9. The SMILES string of the molecule is C[C@@H]1C[C@@H]1c1ccc(CN(C)C(=O)C[C@@H]2C(=O)Nc3ccccc32)o1. The fourth-order valence-electron chi connectivity index (χ4n) is 3.53. The third kappa shape index (κ3) is 3.06. The molecule has 1 aromatic heterocycles. The number of rotatable bonds is 5. The van der Waals surface area contributed by atoms with E-state index in [-0.39, 0.29) is 18.2 Å². The van der Waals surface area contributed by atoms with Crippen molar-refractivity contribution in [2.75, 3.05) is 12.4 Å². The molecule has 2 heterocycles. The number of benzene rings is 1. The lowest BCUT2D eigenvalue weighted by molar-refractivity contribution is -0.132. The van der Waals surface area contributed by atoms with E-state index in [9.17, 15) is 9.59 Å². The molecule has 0 unspecified atom stereocenters. The Kier molecular flexibility index (Phi) is 3.86. The van der Waals surface area contributed by atoms with Crippen LogP contribution in [0, 0.1) is 5.92 Å². The van der Waals surface area contributed by atoms with E-state index in [0.717, 1.165) is 22.8 Å². The van der Waals surface area contributed by atoms with Gasteiger partial charge >= 0.3 is 0 Å². The number of hydrogen-bond donors (Lipinski definition) is 1. The highest BCUT2D eigenvalue weighted by atomic mass is 16.3. The van der Waals surface area contributed by atoms with Crippen LogP contribution in [0.4, 0.5) is 5.69 Å². The summed E-state index contributed by atoms with van der Waals surface area (Å²) in [6, 6.07) is 11.5. The Labute approximate surface area is 147 Å². The molecule has 0 spiro atoms. The van der Waals surface area contributed by atoms with Crippen LogP contribution < -0.4 is 5.32 Å². The van der Waals surface area contributed by atoms with Gasteiger partial charge in [0.25, 0.3) is 0 Å². The Hall–Kier alpha value is -2.56. The van der Waals surface area contributed by atoms with Crippen molar-refractivity contribution in [3.05, 3.63) is 53.5 Å². The Morgan fingerprint density at radius 1 is 1.28 bits per heavy atom. The van der Waals surface area contributed by atoms with Crippen LogP contribution in [0.15, 0.2) is 40.8 Å². The number of amides is 2. The van der Waals surface area contributed by atoms with Gasteiger partial charge in [-0.05, 0) is 36.1 Å². The number of hydrogen-bond acceptors (Lipinski definition) is 3.